The molecule has 0 amide bonds. The number of carbonyl (C=O) groups excluding carboxylic acids is 1. The van der Waals surface area contributed by atoms with Crippen LogP contribution in [0.1, 0.15) is 39.0 Å². The molecule has 0 radical (unpaired) electrons. The number of Topliss-reactive ketones (excluding diaryl/α,β-unsaturated/α-hetero) is 1. The van der Waals surface area contributed by atoms with E-state index in [9.17, 15) is 4.79 Å². The fraction of sp³-hybridized carbons (Fsp3) is 0.900. The zero-order chi connectivity index (χ0) is 8.60. The predicted octanol–water partition coefficient (Wildman–Crippen LogP) is 1.92. The molecular formula is C10H16O2. The summed E-state index contributed by atoms with van der Waals surface area (Å²) >= 11 is 0. The van der Waals surface area contributed by atoms with E-state index in [0.717, 1.165) is 25.9 Å². The van der Waals surface area contributed by atoms with Gasteiger partial charge in [-0.3, -0.25) is 4.79 Å². The smallest absolute Gasteiger partial charge is 0.136 e. The molecule has 12 heavy (non-hydrogen) atoms. The van der Waals surface area contributed by atoms with Crippen molar-refractivity contribution in [3.63, 3.8) is 0 Å². The zero-order valence-corrected chi connectivity index (χ0v) is 7.64. The summed E-state index contributed by atoms with van der Waals surface area (Å²) in [6.45, 7) is 2.77. The highest BCUT2D eigenvalue weighted by Gasteiger charge is 2.45. The quantitative estimate of drug-likeness (QED) is 0.629. The topological polar surface area (TPSA) is 26.3 Å². The minimum absolute atomic E-state index is 0.0330. The normalized spacial score (nSPS) is 40.4. The fourth-order valence-corrected chi connectivity index (χ4v) is 2.77. The molecule has 0 aromatic heterocycles. The molecule has 2 aliphatic rings. The average molecular weight is 168 g/mol. The molecule has 2 bridgehead atoms. The van der Waals surface area contributed by atoms with E-state index in [0.29, 0.717) is 18.1 Å². The van der Waals surface area contributed by atoms with Crippen LogP contribution in [0.5, 0.6) is 0 Å². The summed E-state index contributed by atoms with van der Waals surface area (Å²) in [7, 11) is 0. The Hall–Kier alpha value is -0.370. The fourth-order valence-electron chi connectivity index (χ4n) is 2.77. The molecule has 0 heterocycles. The molecule has 2 saturated carbocycles. The van der Waals surface area contributed by atoms with Gasteiger partial charge < -0.3 is 4.74 Å². The Kier molecular flexibility index (Phi) is 1.95. The van der Waals surface area contributed by atoms with E-state index in [1.807, 2.05) is 6.92 Å². The van der Waals surface area contributed by atoms with E-state index in [1.54, 1.807) is 0 Å². The first-order valence-electron chi connectivity index (χ1n) is 4.90. The van der Waals surface area contributed by atoms with Gasteiger partial charge in [0.1, 0.15) is 5.78 Å². The van der Waals surface area contributed by atoms with E-state index < -0.39 is 0 Å². The van der Waals surface area contributed by atoms with Crippen molar-refractivity contribution in [3.8, 4) is 0 Å². The van der Waals surface area contributed by atoms with Crippen molar-refractivity contribution in [1.29, 1.82) is 0 Å². The molecule has 2 atom stereocenters. The summed E-state index contributed by atoms with van der Waals surface area (Å²) in [6.07, 6.45) is 4.93. The van der Waals surface area contributed by atoms with E-state index >= 15 is 0 Å². The molecule has 2 heteroatoms. The lowest BCUT2D eigenvalue weighted by molar-refractivity contribution is -0.131. The Morgan fingerprint density at radius 2 is 2.50 bits per heavy atom. The van der Waals surface area contributed by atoms with Crippen LogP contribution in [0.4, 0.5) is 0 Å². The largest absolute Gasteiger partial charge is 0.375 e. The van der Waals surface area contributed by atoms with Crippen LogP contribution in [0.2, 0.25) is 0 Å². The lowest BCUT2D eigenvalue weighted by Crippen LogP contribution is -2.35. The van der Waals surface area contributed by atoms with Gasteiger partial charge in [0.25, 0.3) is 0 Å². The van der Waals surface area contributed by atoms with Gasteiger partial charge in [-0.2, -0.15) is 0 Å². The van der Waals surface area contributed by atoms with Gasteiger partial charge in [0.15, 0.2) is 0 Å². The van der Waals surface area contributed by atoms with Gasteiger partial charge in [0, 0.05) is 19.4 Å². The molecule has 2 unspecified atom stereocenters. The summed E-state index contributed by atoms with van der Waals surface area (Å²) in [6, 6.07) is 0. The Balaban J connectivity index is 2.10. The van der Waals surface area contributed by atoms with Crippen molar-refractivity contribution in [3.05, 3.63) is 0 Å². The van der Waals surface area contributed by atoms with Gasteiger partial charge >= 0.3 is 0 Å². The second-order valence-corrected chi connectivity index (χ2v) is 4.14. The monoisotopic (exact) mass is 168 g/mol. The number of rotatable bonds is 2. The highest BCUT2D eigenvalue weighted by molar-refractivity contribution is 5.81. The van der Waals surface area contributed by atoms with Crippen LogP contribution in [-0.2, 0) is 9.53 Å². The van der Waals surface area contributed by atoms with Crippen LogP contribution in [0.15, 0.2) is 0 Å². The van der Waals surface area contributed by atoms with Gasteiger partial charge in [-0.1, -0.05) is 0 Å². The highest BCUT2D eigenvalue weighted by Crippen LogP contribution is 2.45. The SMILES string of the molecule is CCOC12CCC(CC(=O)C1)C2. The van der Waals surface area contributed by atoms with Crippen molar-refractivity contribution in [2.24, 2.45) is 5.92 Å². The molecular weight excluding hydrogens is 152 g/mol. The summed E-state index contributed by atoms with van der Waals surface area (Å²) < 4.78 is 5.71. The van der Waals surface area contributed by atoms with Gasteiger partial charge in [-0.25, -0.2) is 0 Å². The van der Waals surface area contributed by atoms with Crippen LogP contribution in [0.3, 0.4) is 0 Å². The Morgan fingerprint density at radius 1 is 1.67 bits per heavy atom. The summed E-state index contributed by atoms with van der Waals surface area (Å²) in [4.78, 5) is 11.3. The van der Waals surface area contributed by atoms with Gasteiger partial charge in [-0.05, 0) is 32.1 Å². The number of hydrogen-bond donors (Lipinski definition) is 0. The number of hydrogen-bond acceptors (Lipinski definition) is 2. The van der Waals surface area contributed by atoms with Crippen LogP contribution in [0.25, 0.3) is 0 Å². The average Bonchev–Trinajstić information content (AvgIpc) is 2.27. The van der Waals surface area contributed by atoms with Crippen molar-refractivity contribution in [2.45, 2.75) is 44.6 Å². The maximum atomic E-state index is 11.3. The lowest BCUT2D eigenvalue weighted by Gasteiger charge is -2.31. The molecule has 68 valence electrons. The van der Waals surface area contributed by atoms with Crippen LogP contribution in [-0.4, -0.2) is 18.0 Å². The van der Waals surface area contributed by atoms with Crippen molar-refractivity contribution < 1.29 is 9.53 Å². The zero-order valence-electron chi connectivity index (χ0n) is 7.64. The van der Waals surface area contributed by atoms with Crippen molar-refractivity contribution >= 4 is 5.78 Å². The number of carbonyl (C=O) groups is 1. The molecule has 0 aromatic carbocycles. The molecule has 0 spiro atoms. The molecule has 2 rings (SSSR count). The minimum Gasteiger partial charge on any atom is -0.375 e. The molecule has 0 N–H and O–H groups in total. The number of ketones is 1. The number of fused-ring (bicyclic) bond motifs is 2. The first-order chi connectivity index (χ1) is 5.74. The summed E-state index contributed by atoms with van der Waals surface area (Å²) in [5.74, 6) is 1.05. The minimum atomic E-state index is -0.0330. The molecule has 2 aliphatic carbocycles. The van der Waals surface area contributed by atoms with Gasteiger partial charge in [0.2, 0.25) is 0 Å². The highest BCUT2D eigenvalue weighted by atomic mass is 16.5. The predicted molar refractivity (Wildman–Crippen MR) is 45.9 cm³/mol. The van der Waals surface area contributed by atoms with Crippen LogP contribution >= 0.6 is 0 Å². The van der Waals surface area contributed by atoms with E-state index in [1.165, 1.54) is 6.42 Å². The standard InChI is InChI=1S/C10H16O2/c1-2-12-10-4-3-8(6-10)5-9(11)7-10/h8H,2-7H2,1H3. The third kappa shape index (κ3) is 1.28. The van der Waals surface area contributed by atoms with Gasteiger partial charge in [0.05, 0.1) is 5.60 Å². The Bertz CT molecular complexity index is 196. The summed E-state index contributed by atoms with van der Waals surface area (Å²) in [5.41, 5.74) is -0.0330. The van der Waals surface area contributed by atoms with Crippen molar-refractivity contribution in [1.82, 2.24) is 0 Å². The molecule has 0 saturated heterocycles. The van der Waals surface area contributed by atoms with E-state index in [-0.39, 0.29) is 5.60 Å². The molecule has 2 nitrogen and oxygen atoms in total. The maximum absolute atomic E-state index is 11.3. The molecule has 0 aliphatic heterocycles. The van der Waals surface area contributed by atoms with E-state index in [2.05, 4.69) is 0 Å². The third-order valence-corrected chi connectivity index (χ3v) is 3.16. The van der Waals surface area contributed by atoms with E-state index in [4.69, 9.17) is 4.74 Å². The third-order valence-electron chi connectivity index (χ3n) is 3.16. The lowest BCUT2D eigenvalue weighted by atomic mass is 9.85. The van der Waals surface area contributed by atoms with Crippen LogP contribution < -0.4 is 0 Å². The maximum Gasteiger partial charge on any atom is 0.136 e. The Morgan fingerprint density at radius 3 is 3.25 bits per heavy atom. The molecule has 2 fully saturated rings. The van der Waals surface area contributed by atoms with Crippen molar-refractivity contribution in [2.75, 3.05) is 6.61 Å². The Labute approximate surface area is 73.3 Å². The molecule has 0 aromatic rings. The van der Waals surface area contributed by atoms with Crippen LogP contribution in [0, 0.1) is 5.92 Å². The first-order valence-corrected chi connectivity index (χ1v) is 4.90. The number of ether oxygens (including phenoxy) is 1. The summed E-state index contributed by atoms with van der Waals surface area (Å²) in [5, 5.41) is 0. The first kappa shape index (κ1) is 8.24. The second-order valence-electron chi connectivity index (χ2n) is 4.14. The van der Waals surface area contributed by atoms with Gasteiger partial charge in [-0.15, -0.1) is 0 Å². The second kappa shape index (κ2) is 2.84.